The maximum atomic E-state index is 11.5. The highest BCUT2D eigenvalue weighted by Crippen LogP contribution is 2.24. The first-order valence-electron chi connectivity index (χ1n) is 5.08. The van der Waals surface area contributed by atoms with E-state index in [0.29, 0.717) is 17.7 Å². The van der Waals surface area contributed by atoms with Crippen LogP contribution in [0.2, 0.25) is 0 Å². The quantitative estimate of drug-likeness (QED) is 0.777. The summed E-state index contributed by atoms with van der Waals surface area (Å²) in [6.07, 6.45) is 0.520. The molecular weight excluding hydrogens is 226 g/mol. The SMILES string of the molecule is CC[C@@H]([C@@H](O)c1ccc(N)cc1)S(C)(=O)=O. The number of hydrogen-bond donors (Lipinski definition) is 2. The topological polar surface area (TPSA) is 80.4 Å². The predicted octanol–water partition coefficient (Wildman–Crippen LogP) is 1.13. The Bertz CT molecular complexity index is 439. The lowest BCUT2D eigenvalue weighted by Gasteiger charge is -2.20. The average Bonchev–Trinajstić information content (AvgIpc) is 2.17. The molecule has 0 bridgehead atoms. The minimum absolute atomic E-state index is 0.379. The van der Waals surface area contributed by atoms with Gasteiger partial charge in [-0.25, -0.2) is 8.42 Å². The second-order valence-electron chi connectivity index (χ2n) is 3.89. The number of aliphatic hydroxyl groups is 1. The molecule has 5 heteroatoms. The van der Waals surface area contributed by atoms with Crippen LogP contribution in [0.1, 0.15) is 25.0 Å². The molecule has 90 valence electrons. The maximum Gasteiger partial charge on any atom is 0.153 e. The van der Waals surface area contributed by atoms with Gasteiger partial charge in [-0.3, -0.25) is 0 Å². The van der Waals surface area contributed by atoms with E-state index in [1.165, 1.54) is 0 Å². The molecular formula is C11H17NO3S. The molecule has 0 aliphatic carbocycles. The Morgan fingerprint density at radius 3 is 2.19 bits per heavy atom. The van der Waals surface area contributed by atoms with Gasteiger partial charge in [0, 0.05) is 11.9 Å². The Morgan fingerprint density at radius 2 is 1.81 bits per heavy atom. The molecule has 3 N–H and O–H groups in total. The molecule has 0 spiro atoms. The average molecular weight is 243 g/mol. The Balaban J connectivity index is 3.00. The van der Waals surface area contributed by atoms with Crippen molar-refractivity contribution in [3.8, 4) is 0 Å². The van der Waals surface area contributed by atoms with Gasteiger partial charge in [0.15, 0.2) is 9.84 Å². The molecule has 4 nitrogen and oxygen atoms in total. The summed E-state index contributed by atoms with van der Waals surface area (Å²) in [5, 5.41) is 9.22. The number of aliphatic hydroxyl groups excluding tert-OH is 1. The van der Waals surface area contributed by atoms with E-state index < -0.39 is 21.2 Å². The zero-order chi connectivity index (χ0) is 12.3. The molecule has 16 heavy (non-hydrogen) atoms. The van der Waals surface area contributed by atoms with Crippen LogP contribution >= 0.6 is 0 Å². The van der Waals surface area contributed by atoms with Gasteiger partial charge in [0.2, 0.25) is 0 Å². The summed E-state index contributed by atoms with van der Waals surface area (Å²) in [6, 6.07) is 6.59. The van der Waals surface area contributed by atoms with Crippen LogP contribution in [0.25, 0.3) is 0 Å². The molecule has 1 rings (SSSR count). The summed E-state index contributed by atoms with van der Waals surface area (Å²) in [4.78, 5) is 0. The fourth-order valence-electron chi connectivity index (χ4n) is 1.67. The molecule has 0 saturated carbocycles. The minimum Gasteiger partial charge on any atom is -0.399 e. The van der Waals surface area contributed by atoms with Crippen molar-refractivity contribution < 1.29 is 13.5 Å². The lowest BCUT2D eigenvalue weighted by molar-refractivity contribution is 0.169. The lowest BCUT2D eigenvalue weighted by Crippen LogP contribution is -2.26. The van der Waals surface area contributed by atoms with E-state index in [9.17, 15) is 13.5 Å². The summed E-state index contributed by atoms with van der Waals surface area (Å²) < 4.78 is 22.9. The molecule has 0 aliphatic rings. The van der Waals surface area contributed by atoms with E-state index in [1.54, 1.807) is 31.2 Å². The zero-order valence-corrected chi connectivity index (χ0v) is 10.2. The highest BCUT2D eigenvalue weighted by atomic mass is 32.2. The molecule has 0 radical (unpaired) electrons. The Morgan fingerprint density at radius 1 is 1.31 bits per heavy atom. The number of sulfone groups is 1. The zero-order valence-electron chi connectivity index (χ0n) is 9.42. The Hall–Kier alpha value is -1.07. The molecule has 0 aliphatic heterocycles. The number of anilines is 1. The van der Waals surface area contributed by atoms with Crippen molar-refractivity contribution in [2.45, 2.75) is 24.7 Å². The molecule has 1 aromatic rings. The van der Waals surface area contributed by atoms with Crippen LogP contribution in [-0.2, 0) is 9.84 Å². The molecule has 0 aromatic heterocycles. The number of nitrogens with two attached hydrogens (primary N) is 1. The van der Waals surface area contributed by atoms with E-state index in [-0.39, 0.29) is 0 Å². The van der Waals surface area contributed by atoms with Crippen molar-refractivity contribution in [2.75, 3.05) is 12.0 Å². The van der Waals surface area contributed by atoms with Crippen LogP contribution in [0.4, 0.5) is 5.69 Å². The first-order chi connectivity index (χ1) is 7.36. The smallest absolute Gasteiger partial charge is 0.153 e. The third kappa shape index (κ3) is 2.96. The molecule has 0 saturated heterocycles. The van der Waals surface area contributed by atoms with E-state index in [1.807, 2.05) is 0 Å². The highest BCUT2D eigenvalue weighted by molar-refractivity contribution is 7.91. The van der Waals surface area contributed by atoms with Crippen LogP contribution in [0, 0.1) is 0 Å². The molecule has 0 unspecified atom stereocenters. The Kier molecular flexibility index (Phi) is 3.93. The van der Waals surface area contributed by atoms with Crippen LogP contribution in [0.15, 0.2) is 24.3 Å². The van der Waals surface area contributed by atoms with E-state index in [4.69, 9.17) is 5.73 Å². The second-order valence-corrected chi connectivity index (χ2v) is 6.15. The van der Waals surface area contributed by atoms with Crippen LogP contribution < -0.4 is 5.73 Å². The van der Waals surface area contributed by atoms with Gasteiger partial charge in [0.1, 0.15) is 0 Å². The van der Waals surface area contributed by atoms with Crippen molar-refractivity contribution in [1.82, 2.24) is 0 Å². The van der Waals surface area contributed by atoms with Crippen molar-refractivity contribution in [2.24, 2.45) is 0 Å². The summed E-state index contributed by atoms with van der Waals surface area (Å²) in [5.74, 6) is 0. The Labute approximate surface area is 96.0 Å². The third-order valence-electron chi connectivity index (χ3n) is 2.58. The van der Waals surface area contributed by atoms with Crippen molar-refractivity contribution in [3.05, 3.63) is 29.8 Å². The van der Waals surface area contributed by atoms with Gasteiger partial charge in [-0.1, -0.05) is 19.1 Å². The van der Waals surface area contributed by atoms with Crippen LogP contribution in [0.3, 0.4) is 0 Å². The number of rotatable bonds is 4. The fraction of sp³-hybridized carbons (Fsp3) is 0.455. The number of hydrogen-bond acceptors (Lipinski definition) is 4. The van der Waals surface area contributed by atoms with E-state index in [2.05, 4.69) is 0 Å². The van der Waals surface area contributed by atoms with E-state index in [0.717, 1.165) is 6.26 Å². The standard InChI is InChI=1S/C11H17NO3S/c1-3-10(16(2,14)15)11(13)8-4-6-9(12)7-5-8/h4-7,10-11,13H,3,12H2,1-2H3/t10-,11-/m0/s1. The minimum atomic E-state index is -3.25. The normalized spacial score (nSPS) is 15.7. The lowest BCUT2D eigenvalue weighted by atomic mass is 10.0. The van der Waals surface area contributed by atoms with Gasteiger partial charge >= 0.3 is 0 Å². The van der Waals surface area contributed by atoms with Gasteiger partial charge < -0.3 is 10.8 Å². The molecule has 2 atom stereocenters. The molecule has 0 heterocycles. The van der Waals surface area contributed by atoms with Gasteiger partial charge in [-0.05, 0) is 24.1 Å². The fourth-order valence-corrected chi connectivity index (χ4v) is 2.90. The van der Waals surface area contributed by atoms with Crippen LogP contribution in [-0.4, -0.2) is 25.0 Å². The van der Waals surface area contributed by atoms with Gasteiger partial charge in [0.25, 0.3) is 0 Å². The monoisotopic (exact) mass is 243 g/mol. The summed E-state index contributed by atoms with van der Waals surface area (Å²) in [5.41, 5.74) is 6.68. The third-order valence-corrected chi connectivity index (χ3v) is 4.27. The largest absolute Gasteiger partial charge is 0.399 e. The first-order valence-corrected chi connectivity index (χ1v) is 7.04. The number of benzene rings is 1. The summed E-state index contributed by atoms with van der Waals surface area (Å²) in [6.45, 7) is 1.74. The van der Waals surface area contributed by atoms with Crippen LogP contribution in [0.5, 0.6) is 0 Å². The summed E-state index contributed by atoms with van der Waals surface area (Å²) >= 11 is 0. The van der Waals surface area contributed by atoms with Gasteiger partial charge in [-0.15, -0.1) is 0 Å². The molecule has 1 aromatic carbocycles. The van der Waals surface area contributed by atoms with E-state index >= 15 is 0 Å². The second kappa shape index (κ2) is 4.84. The first kappa shape index (κ1) is 13.0. The molecule has 0 fully saturated rings. The van der Waals surface area contributed by atoms with Gasteiger partial charge in [0.05, 0.1) is 11.4 Å². The van der Waals surface area contributed by atoms with Crippen molar-refractivity contribution in [1.29, 1.82) is 0 Å². The van der Waals surface area contributed by atoms with Crippen molar-refractivity contribution in [3.63, 3.8) is 0 Å². The number of nitrogen functional groups attached to an aromatic ring is 1. The highest BCUT2D eigenvalue weighted by Gasteiger charge is 2.28. The maximum absolute atomic E-state index is 11.5. The predicted molar refractivity (Wildman–Crippen MR) is 64.7 cm³/mol. The molecule has 0 amide bonds. The summed E-state index contributed by atoms with van der Waals surface area (Å²) in [7, 11) is -3.25. The van der Waals surface area contributed by atoms with Crippen molar-refractivity contribution >= 4 is 15.5 Å². The van der Waals surface area contributed by atoms with Gasteiger partial charge in [-0.2, -0.15) is 0 Å².